The van der Waals surface area contributed by atoms with Gasteiger partial charge in [-0.25, -0.2) is 0 Å². The molecule has 0 radical (unpaired) electrons. The average Bonchev–Trinajstić information content (AvgIpc) is 3.15. The maximum Gasteiger partial charge on any atom is 0.228 e. The van der Waals surface area contributed by atoms with E-state index >= 15 is 0 Å². The van der Waals surface area contributed by atoms with Gasteiger partial charge in [0.1, 0.15) is 10.9 Å². The van der Waals surface area contributed by atoms with Gasteiger partial charge >= 0.3 is 0 Å². The summed E-state index contributed by atoms with van der Waals surface area (Å²) in [6.45, 7) is 1.65. The van der Waals surface area contributed by atoms with Crippen LogP contribution in [0.25, 0.3) is 11.1 Å². The monoisotopic (exact) mass is 387 g/mol. The van der Waals surface area contributed by atoms with Crippen LogP contribution in [0.4, 0.5) is 0 Å². The van der Waals surface area contributed by atoms with Gasteiger partial charge < -0.3 is 0 Å². The molecule has 1 heterocycles. The Morgan fingerprint density at radius 1 is 0.741 bits per heavy atom. The number of ketones is 1. The van der Waals surface area contributed by atoms with Crippen molar-refractivity contribution in [2.45, 2.75) is 20.9 Å². The summed E-state index contributed by atoms with van der Waals surface area (Å²) in [5.74, 6) is 0.112. The quantitative estimate of drug-likeness (QED) is 0.275. The molecule has 0 aliphatic rings. The van der Waals surface area contributed by atoms with Crippen LogP contribution in [0.1, 0.15) is 17.3 Å². The van der Waals surface area contributed by atoms with Crippen molar-refractivity contribution in [3.8, 4) is 11.1 Å². The molecule has 4 aromatic rings. The lowest BCUT2D eigenvalue weighted by Crippen LogP contribution is -2.05. The molecule has 0 aliphatic heterocycles. The molecule has 0 bridgehead atoms. The van der Waals surface area contributed by atoms with Gasteiger partial charge in [-0.05, 0) is 36.8 Å². The molecule has 132 valence electrons. The lowest BCUT2D eigenvalue weighted by atomic mass is 10.0. The Labute approximate surface area is 166 Å². The van der Waals surface area contributed by atoms with E-state index < -0.39 is 0 Å². The smallest absolute Gasteiger partial charge is 0.228 e. The van der Waals surface area contributed by atoms with Crippen molar-refractivity contribution in [3.63, 3.8) is 0 Å². The van der Waals surface area contributed by atoms with Crippen LogP contribution in [0.15, 0.2) is 110 Å². The van der Waals surface area contributed by atoms with Crippen LogP contribution < -0.4 is 0 Å². The van der Waals surface area contributed by atoms with Crippen molar-refractivity contribution < 1.29 is 4.79 Å². The van der Waals surface area contributed by atoms with Crippen LogP contribution >= 0.6 is 11.3 Å². The second kappa shape index (κ2) is 7.95. The number of carbonyl (C=O) groups is 1. The lowest BCUT2D eigenvalue weighted by molar-refractivity contribution is 0.101. The number of Topliss-reactive ketones (excluding diaryl/α,β-unsaturated/α-hetero) is 1. The standard InChI is InChI=1S/C24H19OS2/c1-18(25)22-17-26-24(23(22)19-11-5-2-6-12-19)27(20-13-7-3-8-14-20)21-15-9-4-10-16-21/h2-17H,1H3/q+1. The molecule has 0 N–H and O–H groups in total. The normalized spacial score (nSPS) is 10.9. The third kappa shape index (κ3) is 3.61. The first kappa shape index (κ1) is 17.8. The molecule has 4 rings (SSSR count). The molecule has 0 spiro atoms. The molecule has 0 amide bonds. The minimum atomic E-state index is -0.256. The predicted molar refractivity (Wildman–Crippen MR) is 115 cm³/mol. The molecule has 0 fully saturated rings. The molecule has 0 saturated heterocycles. The Hall–Kier alpha value is -2.62. The van der Waals surface area contributed by atoms with Gasteiger partial charge in [0.2, 0.25) is 4.21 Å². The minimum absolute atomic E-state index is 0.112. The third-order valence-corrected chi connectivity index (χ3v) is 7.96. The van der Waals surface area contributed by atoms with E-state index in [-0.39, 0.29) is 16.7 Å². The first-order valence-corrected chi connectivity index (χ1v) is 10.9. The van der Waals surface area contributed by atoms with Crippen molar-refractivity contribution in [2.75, 3.05) is 0 Å². The second-order valence-electron chi connectivity index (χ2n) is 6.17. The Morgan fingerprint density at radius 2 is 1.22 bits per heavy atom. The van der Waals surface area contributed by atoms with Crippen molar-refractivity contribution in [3.05, 3.63) is 102 Å². The largest absolute Gasteiger partial charge is 0.294 e. The number of rotatable bonds is 5. The van der Waals surface area contributed by atoms with E-state index in [0.29, 0.717) is 0 Å². The molecule has 0 atom stereocenters. The highest BCUT2D eigenvalue weighted by Crippen LogP contribution is 2.43. The van der Waals surface area contributed by atoms with Gasteiger partial charge in [0.25, 0.3) is 0 Å². The van der Waals surface area contributed by atoms with Gasteiger partial charge in [0.15, 0.2) is 15.6 Å². The van der Waals surface area contributed by atoms with E-state index in [4.69, 9.17) is 0 Å². The van der Waals surface area contributed by atoms with Crippen molar-refractivity contribution in [2.24, 2.45) is 0 Å². The summed E-state index contributed by atoms with van der Waals surface area (Å²) < 4.78 is 1.24. The maximum atomic E-state index is 12.4. The van der Waals surface area contributed by atoms with Gasteiger partial charge in [0.05, 0.1) is 5.56 Å². The number of hydrogen-bond acceptors (Lipinski definition) is 2. The predicted octanol–water partition coefficient (Wildman–Crippen LogP) is 6.71. The highest BCUT2D eigenvalue weighted by atomic mass is 32.2. The fourth-order valence-corrected chi connectivity index (χ4v) is 7.04. The summed E-state index contributed by atoms with van der Waals surface area (Å²) in [4.78, 5) is 14.9. The summed E-state index contributed by atoms with van der Waals surface area (Å²) in [5, 5.41) is 2.02. The molecule has 1 nitrogen and oxygen atoms in total. The second-order valence-corrected chi connectivity index (χ2v) is 9.27. The van der Waals surface area contributed by atoms with Crippen LogP contribution in [0, 0.1) is 0 Å². The first-order valence-electron chi connectivity index (χ1n) is 8.78. The van der Waals surface area contributed by atoms with Gasteiger partial charge in [-0.2, -0.15) is 0 Å². The Bertz CT molecular complexity index is 998. The topological polar surface area (TPSA) is 17.1 Å². The van der Waals surface area contributed by atoms with Gasteiger partial charge in [-0.15, -0.1) is 0 Å². The Balaban J connectivity index is 1.98. The molecule has 0 aliphatic carbocycles. The minimum Gasteiger partial charge on any atom is -0.294 e. The zero-order valence-electron chi connectivity index (χ0n) is 15.0. The number of hydrogen-bond donors (Lipinski definition) is 0. The van der Waals surface area contributed by atoms with E-state index in [1.165, 1.54) is 14.0 Å². The van der Waals surface area contributed by atoms with Gasteiger partial charge in [-0.1, -0.05) is 78.1 Å². The summed E-state index contributed by atoms with van der Waals surface area (Å²) in [5.41, 5.74) is 2.98. The van der Waals surface area contributed by atoms with Crippen LogP contribution in [0.2, 0.25) is 0 Å². The zero-order chi connectivity index (χ0) is 18.6. The molecule has 0 unspecified atom stereocenters. The SMILES string of the molecule is CC(=O)c1csc([S+](c2ccccc2)c2ccccc2)c1-c1ccccc1. The van der Waals surface area contributed by atoms with Crippen LogP contribution in [-0.2, 0) is 10.9 Å². The molecule has 3 heteroatoms. The first-order chi connectivity index (χ1) is 13.3. The number of thiophene rings is 1. The molecular formula is C24H19OS2+. The van der Waals surface area contributed by atoms with Crippen molar-refractivity contribution in [1.29, 1.82) is 0 Å². The number of benzene rings is 3. The summed E-state index contributed by atoms with van der Waals surface area (Å²) in [7, 11) is -0.256. The summed E-state index contributed by atoms with van der Waals surface area (Å²) in [6, 6.07) is 31.4. The molecule has 1 aromatic heterocycles. The van der Waals surface area contributed by atoms with Crippen molar-refractivity contribution in [1.82, 2.24) is 0 Å². The Morgan fingerprint density at radius 3 is 1.70 bits per heavy atom. The van der Waals surface area contributed by atoms with E-state index in [2.05, 4.69) is 60.7 Å². The highest BCUT2D eigenvalue weighted by molar-refractivity contribution is 7.99. The third-order valence-electron chi connectivity index (χ3n) is 4.34. The molecule has 0 saturated carbocycles. The van der Waals surface area contributed by atoms with Gasteiger partial charge in [0, 0.05) is 10.9 Å². The molecule has 27 heavy (non-hydrogen) atoms. The van der Waals surface area contributed by atoms with Crippen LogP contribution in [-0.4, -0.2) is 5.78 Å². The zero-order valence-corrected chi connectivity index (χ0v) is 16.6. The lowest BCUT2D eigenvalue weighted by Gasteiger charge is -2.09. The fourth-order valence-electron chi connectivity index (χ4n) is 3.09. The van der Waals surface area contributed by atoms with E-state index in [1.807, 2.05) is 35.7 Å². The van der Waals surface area contributed by atoms with E-state index in [0.717, 1.165) is 16.7 Å². The molecular weight excluding hydrogens is 368 g/mol. The van der Waals surface area contributed by atoms with E-state index in [9.17, 15) is 4.79 Å². The maximum absolute atomic E-state index is 12.4. The summed E-state index contributed by atoms with van der Waals surface area (Å²) in [6.07, 6.45) is 0. The molecule has 3 aromatic carbocycles. The van der Waals surface area contributed by atoms with Gasteiger partial charge in [-0.3, -0.25) is 4.79 Å². The van der Waals surface area contributed by atoms with E-state index in [1.54, 1.807) is 18.3 Å². The highest BCUT2D eigenvalue weighted by Gasteiger charge is 2.35. The number of carbonyl (C=O) groups excluding carboxylic acids is 1. The summed E-state index contributed by atoms with van der Waals surface area (Å²) >= 11 is 1.69. The van der Waals surface area contributed by atoms with Crippen LogP contribution in [0.3, 0.4) is 0 Å². The Kier molecular flexibility index (Phi) is 5.23. The van der Waals surface area contributed by atoms with Crippen molar-refractivity contribution >= 4 is 28.0 Å². The fraction of sp³-hybridized carbons (Fsp3) is 0.0417. The van der Waals surface area contributed by atoms with Crippen LogP contribution in [0.5, 0.6) is 0 Å². The average molecular weight is 388 g/mol.